The zero-order valence-electron chi connectivity index (χ0n) is 17.6. The van der Waals surface area contributed by atoms with Crippen LogP contribution in [0.5, 0.6) is 0 Å². The van der Waals surface area contributed by atoms with Crippen LogP contribution in [0.3, 0.4) is 0 Å². The number of rotatable bonds is 2. The van der Waals surface area contributed by atoms with E-state index in [1.54, 1.807) is 11.1 Å². The molecule has 0 saturated heterocycles. The van der Waals surface area contributed by atoms with Crippen molar-refractivity contribution in [2.75, 3.05) is 11.9 Å². The first-order chi connectivity index (χ1) is 14.8. The number of nitrogens with zero attached hydrogens (tertiary/aromatic N) is 1. The molecule has 0 aromatic heterocycles. The van der Waals surface area contributed by atoms with Gasteiger partial charge in [0, 0.05) is 23.8 Å². The Hall–Kier alpha value is -3.06. The Balaban J connectivity index is 1.47. The fraction of sp³-hybridized carbons (Fsp3) is 0.241. The number of benzene rings is 4. The highest BCUT2D eigenvalue weighted by Gasteiger charge is 2.43. The van der Waals surface area contributed by atoms with Gasteiger partial charge in [0.05, 0.1) is 0 Å². The predicted molar refractivity (Wildman–Crippen MR) is 128 cm³/mol. The van der Waals surface area contributed by atoms with Crippen LogP contribution in [0.4, 0.5) is 11.4 Å². The Bertz CT molecular complexity index is 1250. The predicted octanol–water partition coefficient (Wildman–Crippen LogP) is 7.84. The van der Waals surface area contributed by atoms with Gasteiger partial charge in [-0.2, -0.15) is 0 Å². The molecule has 1 spiro atoms. The summed E-state index contributed by atoms with van der Waals surface area (Å²) in [6.45, 7) is 0. The van der Waals surface area contributed by atoms with Crippen molar-refractivity contribution in [2.24, 2.45) is 0 Å². The van der Waals surface area contributed by atoms with Crippen molar-refractivity contribution in [3.05, 3.63) is 96.1 Å². The molecule has 0 radical (unpaired) electrons. The van der Waals surface area contributed by atoms with E-state index in [9.17, 15) is 0 Å². The van der Waals surface area contributed by atoms with Crippen molar-refractivity contribution in [1.82, 2.24) is 0 Å². The number of fused-ring (bicyclic) bond motifs is 6. The molecular weight excluding hydrogens is 362 g/mol. The summed E-state index contributed by atoms with van der Waals surface area (Å²) in [5.41, 5.74) is 8.74. The topological polar surface area (TPSA) is 3.24 Å². The molecule has 4 aromatic rings. The second-order valence-electron chi connectivity index (χ2n) is 9.01. The molecule has 4 aromatic carbocycles. The van der Waals surface area contributed by atoms with Gasteiger partial charge >= 0.3 is 0 Å². The smallest absolute Gasteiger partial charge is 0.0414 e. The first-order valence-electron chi connectivity index (χ1n) is 11.2. The van der Waals surface area contributed by atoms with Crippen molar-refractivity contribution in [1.29, 1.82) is 0 Å². The fourth-order valence-electron chi connectivity index (χ4n) is 5.88. The quantitative estimate of drug-likeness (QED) is 0.337. The SMILES string of the molecule is CN(c1ccc2c(c1)C1(CCCCC1)c1ccccc1-2)c1ccc2ccccc2c1. The maximum absolute atomic E-state index is 2.48. The van der Waals surface area contributed by atoms with Gasteiger partial charge in [-0.1, -0.05) is 79.9 Å². The largest absolute Gasteiger partial charge is 0.345 e. The first-order valence-corrected chi connectivity index (χ1v) is 11.2. The summed E-state index contributed by atoms with van der Waals surface area (Å²) in [6, 6.07) is 31.6. The summed E-state index contributed by atoms with van der Waals surface area (Å²) in [5.74, 6) is 0. The van der Waals surface area contributed by atoms with Crippen molar-refractivity contribution < 1.29 is 0 Å². The molecule has 1 saturated carbocycles. The highest BCUT2D eigenvalue weighted by atomic mass is 15.1. The van der Waals surface area contributed by atoms with Crippen molar-refractivity contribution in [3.63, 3.8) is 0 Å². The second-order valence-corrected chi connectivity index (χ2v) is 9.01. The Morgan fingerprint density at radius 3 is 2.13 bits per heavy atom. The van der Waals surface area contributed by atoms with Gasteiger partial charge in [-0.05, 0) is 70.1 Å². The average molecular weight is 390 g/mol. The minimum atomic E-state index is 0.213. The third-order valence-electron chi connectivity index (χ3n) is 7.47. The summed E-state index contributed by atoms with van der Waals surface area (Å²) >= 11 is 0. The van der Waals surface area contributed by atoms with Gasteiger partial charge in [-0.3, -0.25) is 0 Å². The molecule has 2 aliphatic rings. The molecule has 0 bridgehead atoms. The van der Waals surface area contributed by atoms with Crippen LogP contribution in [-0.4, -0.2) is 7.05 Å². The van der Waals surface area contributed by atoms with E-state index in [4.69, 9.17) is 0 Å². The van der Waals surface area contributed by atoms with E-state index in [1.807, 2.05) is 0 Å². The van der Waals surface area contributed by atoms with E-state index in [0.717, 1.165) is 0 Å². The third-order valence-corrected chi connectivity index (χ3v) is 7.47. The highest BCUT2D eigenvalue weighted by molar-refractivity contribution is 5.88. The Labute approximate surface area is 179 Å². The van der Waals surface area contributed by atoms with Crippen LogP contribution in [0.1, 0.15) is 43.2 Å². The number of anilines is 2. The average Bonchev–Trinajstić information content (AvgIpc) is 3.08. The molecule has 1 fully saturated rings. The van der Waals surface area contributed by atoms with Crippen molar-refractivity contribution in [2.45, 2.75) is 37.5 Å². The van der Waals surface area contributed by atoms with Crippen LogP contribution < -0.4 is 4.90 Å². The van der Waals surface area contributed by atoms with Gasteiger partial charge in [0.1, 0.15) is 0 Å². The Morgan fingerprint density at radius 1 is 0.600 bits per heavy atom. The van der Waals surface area contributed by atoms with Crippen LogP contribution in [0.15, 0.2) is 84.9 Å². The maximum Gasteiger partial charge on any atom is 0.0414 e. The Morgan fingerprint density at radius 2 is 1.27 bits per heavy atom. The second kappa shape index (κ2) is 6.74. The van der Waals surface area contributed by atoms with E-state index < -0.39 is 0 Å². The lowest BCUT2D eigenvalue weighted by Crippen LogP contribution is -2.28. The standard InChI is InChI=1S/C29H27N/c1-30(23-14-13-21-9-3-4-10-22(21)19-23)24-15-16-26-25-11-5-6-12-27(25)29(28(26)20-24)17-7-2-8-18-29/h3-6,9-16,19-20H,2,7-8,17-18H2,1H3. The van der Waals surface area contributed by atoms with Gasteiger partial charge in [0.2, 0.25) is 0 Å². The zero-order valence-corrected chi connectivity index (χ0v) is 17.6. The van der Waals surface area contributed by atoms with Gasteiger partial charge in [-0.25, -0.2) is 0 Å². The number of hydrogen-bond acceptors (Lipinski definition) is 1. The third kappa shape index (κ3) is 2.55. The molecule has 148 valence electrons. The van der Waals surface area contributed by atoms with E-state index in [0.29, 0.717) is 0 Å². The maximum atomic E-state index is 2.48. The van der Waals surface area contributed by atoms with E-state index >= 15 is 0 Å². The lowest BCUT2D eigenvalue weighted by Gasteiger charge is -2.36. The molecule has 0 unspecified atom stereocenters. The molecule has 2 aliphatic carbocycles. The summed E-state index contributed by atoms with van der Waals surface area (Å²) in [5, 5.41) is 2.58. The van der Waals surface area contributed by atoms with Crippen molar-refractivity contribution >= 4 is 22.1 Å². The molecule has 0 atom stereocenters. The summed E-state index contributed by atoms with van der Waals surface area (Å²) < 4.78 is 0. The molecule has 0 amide bonds. The van der Waals surface area contributed by atoms with Crippen LogP contribution >= 0.6 is 0 Å². The van der Waals surface area contributed by atoms with Crippen LogP contribution in [0.2, 0.25) is 0 Å². The monoisotopic (exact) mass is 389 g/mol. The zero-order chi connectivity index (χ0) is 20.1. The highest BCUT2D eigenvalue weighted by Crippen LogP contribution is 2.56. The first kappa shape index (κ1) is 17.8. The van der Waals surface area contributed by atoms with Crippen LogP contribution in [-0.2, 0) is 5.41 Å². The van der Waals surface area contributed by atoms with Gasteiger partial charge in [0.15, 0.2) is 0 Å². The minimum Gasteiger partial charge on any atom is -0.345 e. The summed E-state index contributed by atoms with van der Waals surface area (Å²) in [6.07, 6.45) is 6.59. The molecule has 6 rings (SSSR count). The summed E-state index contributed by atoms with van der Waals surface area (Å²) in [4.78, 5) is 2.34. The van der Waals surface area contributed by atoms with Gasteiger partial charge < -0.3 is 4.90 Å². The van der Waals surface area contributed by atoms with Gasteiger partial charge in [0.25, 0.3) is 0 Å². The molecule has 0 heterocycles. The van der Waals surface area contributed by atoms with E-state index in [-0.39, 0.29) is 5.41 Å². The summed E-state index contributed by atoms with van der Waals surface area (Å²) in [7, 11) is 2.20. The van der Waals surface area contributed by atoms with Gasteiger partial charge in [-0.15, -0.1) is 0 Å². The normalized spacial score (nSPS) is 16.4. The molecule has 30 heavy (non-hydrogen) atoms. The molecule has 1 nitrogen and oxygen atoms in total. The molecule has 0 N–H and O–H groups in total. The molecule has 1 heteroatoms. The lowest BCUT2D eigenvalue weighted by atomic mass is 9.68. The van der Waals surface area contributed by atoms with E-state index in [1.165, 1.54) is 65.4 Å². The van der Waals surface area contributed by atoms with Crippen LogP contribution in [0.25, 0.3) is 21.9 Å². The minimum absolute atomic E-state index is 0.213. The van der Waals surface area contributed by atoms with E-state index in [2.05, 4.69) is 96.9 Å². The van der Waals surface area contributed by atoms with Crippen molar-refractivity contribution in [3.8, 4) is 11.1 Å². The molecule has 0 aliphatic heterocycles. The van der Waals surface area contributed by atoms with Crippen LogP contribution in [0, 0.1) is 0 Å². The lowest BCUT2D eigenvalue weighted by molar-refractivity contribution is 0.353. The fourth-order valence-corrected chi connectivity index (χ4v) is 5.88. The Kier molecular flexibility index (Phi) is 3.99. The number of hydrogen-bond donors (Lipinski definition) is 0. The molecular formula is C29H27N.